The molecule has 2 rings (SSSR count). The number of anilines is 2. The fraction of sp³-hybridized carbons (Fsp3) is 0.400. The number of aryl methyl sites for hydroxylation is 2. The maximum Gasteiger partial charge on any atom is 0.233 e. The summed E-state index contributed by atoms with van der Waals surface area (Å²) in [5.74, 6) is 0.757. The van der Waals surface area contributed by atoms with Crippen molar-refractivity contribution in [1.29, 1.82) is 0 Å². The summed E-state index contributed by atoms with van der Waals surface area (Å²) < 4.78 is 32.8. The molecule has 0 radical (unpaired) electrons. The van der Waals surface area contributed by atoms with Crippen molar-refractivity contribution in [2.75, 3.05) is 35.6 Å². The molecule has 2 aromatic carbocycles. The smallest absolute Gasteiger partial charge is 0.233 e. The van der Waals surface area contributed by atoms with E-state index in [4.69, 9.17) is 4.74 Å². The summed E-state index contributed by atoms with van der Waals surface area (Å²) in [5.41, 5.74) is 3.58. The van der Waals surface area contributed by atoms with Crippen LogP contribution < -0.4 is 14.4 Å². The number of sulfonamides is 1. The van der Waals surface area contributed by atoms with Gasteiger partial charge in [-0.2, -0.15) is 0 Å². The van der Waals surface area contributed by atoms with Gasteiger partial charge in [0.05, 0.1) is 18.6 Å². The summed E-state index contributed by atoms with van der Waals surface area (Å²) in [4.78, 5) is 2.23. The van der Waals surface area contributed by atoms with Gasteiger partial charge in [0.2, 0.25) is 10.0 Å². The first-order valence-corrected chi connectivity index (χ1v) is 10.5. The van der Waals surface area contributed by atoms with Crippen LogP contribution in [-0.2, 0) is 16.4 Å². The van der Waals surface area contributed by atoms with Crippen LogP contribution in [-0.4, -0.2) is 34.4 Å². The number of benzene rings is 2. The Kier molecular flexibility index (Phi) is 6.91. The minimum atomic E-state index is -3.42. The normalized spacial score (nSPS) is 11.2. The number of hydrogen-bond acceptors (Lipinski definition) is 4. The van der Waals surface area contributed by atoms with E-state index in [0.717, 1.165) is 35.7 Å². The van der Waals surface area contributed by atoms with E-state index >= 15 is 0 Å². The predicted molar refractivity (Wildman–Crippen MR) is 109 cm³/mol. The van der Waals surface area contributed by atoms with Gasteiger partial charge in [-0.25, -0.2) is 8.42 Å². The van der Waals surface area contributed by atoms with E-state index in [2.05, 4.69) is 23.5 Å². The maximum absolute atomic E-state index is 12.5. The minimum Gasteiger partial charge on any atom is -0.497 e. The molecule has 6 heteroatoms. The van der Waals surface area contributed by atoms with Crippen molar-refractivity contribution in [2.45, 2.75) is 27.2 Å². The summed E-state index contributed by atoms with van der Waals surface area (Å²) in [5, 5.41) is 0. The summed E-state index contributed by atoms with van der Waals surface area (Å²) in [6.45, 7) is 7.97. The number of nitrogens with zero attached hydrogens (tertiary/aromatic N) is 1. The third-order valence-electron chi connectivity index (χ3n) is 4.40. The molecule has 2 aromatic rings. The van der Waals surface area contributed by atoms with Crippen LogP contribution in [0, 0.1) is 6.92 Å². The Morgan fingerprint density at radius 1 is 1.08 bits per heavy atom. The molecule has 0 bridgehead atoms. The average molecular weight is 377 g/mol. The van der Waals surface area contributed by atoms with Gasteiger partial charge in [0, 0.05) is 18.8 Å². The number of rotatable bonds is 9. The van der Waals surface area contributed by atoms with Crippen LogP contribution in [0.3, 0.4) is 0 Å². The fourth-order valence-corrected chi connectivity index (χ4v) is 4.02. The van der Waals surface area contributed by atoms with Crippen LogP contribution in [0.15, 0.2) is 42.5 Å². The second kappa shape index (κ2) is 8.94. The Labute approximate surface area is 157 Å². The summed E-state index contributed by atoms with van der Waals surface area (Å²) in [6.07, 6.45) is 0.434. The Bertz CT molecular complexity index is 831. The summed E-state index contributed by atoms with van der Waals surface area (Å²) in [6, 6.07) is 13.3. The first-order chi connectivity index (χ1) is 12.4. The van der Waals surface area contributed by atoms with Crippen LogP contribution >= 0.6 is 0 Å². The molecule has 0 spiro atoms. The molecule has 0 aliphatic rings. The van der Waals surface area contributed by atoms with E-state index in [1.165, 1.54) is 0 Å². The summed E-state index contributed by atoms with van der Waals surface area (Å²) >= 11 is 0. The first kappa shape index (κ1) is 20.1. The number of ether oxygens (including phenoxy) is 1. The topological polar surface area (TPSA) is 58.6 Å². The van der Waals surface area contributed by atoms with Crippen molar-refractivity contribution in [3.8, 4) is 5.75 Å². The van der Waals surface area contributed by atoms with E-state index in [1.54, 1.807) is 7.11 Å². The molecule has 0 atom stereocenters. The van der Waals surface area contributed by atoms with Crippen LogP contribution in [0.25, 0.3) is 0 Å². The second-order valence-electron chi connectivity index (χ2n) is 6.19. The number of methoxy groups -OCH3 is 1. The molecule has 0 amide bonds. The van der Waals surface area contributed by atoms with Gasteiger partial charge in [-0.3, -0.25) is 4.72 Å². The largest absolute Gasteiger partial charge is 0.497 e. The molecule has 1 N–H and O–H groups in total. The van der Waals surface area contributed by atoms with Gasteiger partial charge >= 0.3 is 0 Å². The molecule has 0 saturated heterocycles. The molecule has 5 nitrogen and oxygen atoms in total. The van der Waals surface area contributed by atoms with E-state index in [9.17, 15) is 8.42 Å². The van der Waals surface area contributed by atoms with Gasteiger partial charge in [0.25, 0.3) is 0 Å². The monoisotopic (exact) mass is 376 g/mol. The zero-order valence-electron chi connectivity index (χ0n) is 16.0. The lowest BCUT2D eigenvalue weighted by Gasteiger charge is -2.22. The van der Waals surface area contributed by atoms with Crippen molar-refractivity contribution < 1.29 is 13.2 Å². The molecule has 0 heterocycles. The van der Waals surface area contributed by atoms with Gasteiger partial charge < -0.3 is 9.64 Å². The number of nitrogens with one attached hydrogen (secondary N) is 1. The second-order valence-corrected chi connectivity index (χ2v) is 8.04. The first-order valence-electron chi connectivity index (χ1n) is 8.87. The molecule has 0 fully saturated rings. The van der Waals surface area contributed by atoms with Crippen molar-refractivity contribution in [3.05, 3.63) is 53.6 Å². The quantitative estimate of drug-likeness (QED) is 0.722. The highest BCUT2D eigenvalue weighted by molar-refractivity contribution is 7.92. The van der Waals surface area contributed by atoms with Crippen LogP contribution in [0.1, 0.15) is 25.0 Å². The maximum atomic E-state index is 12.5. The van der Waals surface area contributed by atoms with Crippen LogP contribution in [0.5, 0.6) is 5.75 Å². The number of hydrogen-bond donors (Lipinski definition) is 1. The van der Waals surface area contributed by atoms with Crippen LogP contribution in [0.2, 0.25) is 0 Å². The summed E-state index contributed by atoms with van der Waals surface area (Å²) in [7, 11) is -1.82. The fourth-order valence-electron chi connectivity index (χ4n) is 2.85. The average Bonchev–Trinajstić information content (AvgIpc) is 2.63. The zero-order valence-corrected chi connectivity index (χ0v) is 16.8. The van der Waals surface area contributed by atoms with E-state index in [-0.39, 0.29) is 5.75 Å². The molecular formula is C20H28N2O3S. The molecule has 0 aliphatic carbocycles. The van der Waals surface area contributed by atoms with Crippen molar-refractivity contribution >= 4 is 21.4 Å². The molecule has 0 aromatic heterocycles. The van der Waals surface area contributed by atoms with Gasteiger partial charge in [-0.15, -0.1) is 0 Å². The van der Waals surface area contributed by atoms with E-state index in [1.807, 2.05) is 49.4 Å². The highest BCUT2D eigenvalue weighted by Crippen LogP contribution is 2.24. The Morgan fingerprint density at radius 3 is 2.42 bits per heavy atom. The third kappa shape index (κ3) is 5.39. The van der Waals surface area contributed by atoms with E-state index in [0.29, 0.717) is 12.1 Å². The zero-order chi connectivity index (χ0) is 19.2. The minimum absolute atomic E-state index is 0.0252. The van der Waals surface area contributed by atoms with Crippen LogP contribution in [0.4, 0.5) is 11.4 Å². The Balaban J connectivity index is 2.06. The highest BCUT2D eigenvalue weighted by Gasteiger charge is 2.13. The standard InChI is InChI=1S/C20H28N2O3S/c1-5-22(6-2)18-10-11-20(16(3)14-18)21-26(23,24)13-12-17-8-7-9-19(15-17)25-4/h7-11,14-15,21H,5-6,12-13H2,1-4H3. The van der Waals surface area contributed by atoms with Crippen molar-refractivity contribution in [1.82, 2.24) is 0 Å². The van der Waals surface area contributed by atoms with E-state index < -0.39 is 10.0 Å². The molecule has 142 valence electrons. The van der Waals surface area contributed by atoms with Crippen molar-refractivity contribution in [2.24, 2.45) is 0 Å². The Morgan fingerprint density at radius 2 is 1.81 bits per heavy atom. The SMILES string of the molecule is CCN(CC)c1ccc(NS(=O)(=O)CCc2cccc(OC)c2)c(C)c1. The molecule has 26 heavy (non-hydrogen) atoms. The predicted octanol–water partition coefficient (Wildman–Crippen LogP) is 3.83. The lowest BCUT2D eigenvalue weighted by atomic mass is 10.1. The lowest BCUT2D eigenvalue weighted by Crippen LogP contribution is -2.22. The molecule has 0 saturated carbocycles. The lowest BCUT2D eigenvalue weighted by molar-refractivity contribution is 0.414. The van der Waals surface area contributed by atoms with Gasteiger partial charge in [-0.1, -0.05) is 12.1 Å². The highest BCUT2D eigenvalue weighted by atomic mass is 32.2. The molecular weight excluding hydrogens is 348 g/mol. The Hall–Kier alpha value is -2.21. The molecule has 0 aliphatic heterocycles. The van der Waals surface area contributed by atoms with Gasteiger partial charge in [0.15, 0.2) is 0 Å². The van der Waals surface area contributed by atoms with Gasteiger partial charge in [-0.05, 0) is 68.7 Å². The molecule has 0 unspecified atom stereocenters. The van der Waals surface area contributed by atoms with Gasteiger partial charge in [0.1, 0.15) is 5.75 Å². The third-order valence-corrected chi connectivity index (χ3v) is 5.67. The van der Waals surface area contributed by atoms with Crippen molar-refractivity contribution in [3.63, 3.8) is 0 Å².